The maximum Gasteiger partial charge on any atom is 0.269 e. The molecule has 28 heavy (non-hydrogen) atoms. The zero-order valence-corrected chi connectivity index (χ0v) is 17.4. The van der Waals surface area contributed by atoms with Gasteiger partial charge in [-0.1, -0.05) is 6.92 Å². The summed E-state index contributed by atoms with van der Waals surface area (Å²) in [4.78, 5) is 24.0. The molecule has 1 aromatic rings. The Morgan fingerprint density at radius 2 is 1.86 bits per heavy atom. The van der Waals surface area contributed by atoms with Gasteiger partial charge in [-0.2, -0.15) is 0 Å². The predicted octanol–water partition coefficient (Wildman–Crippen LogP) is 1.53. The predicted molar refractivity (Wildman–Crippen MR) is 108 cm³/mol. The lowest BCUT2D eigenvalue weighted by Crippen LogP contribution is -2.41. The van der Waals surface area contributed by atoms with Crippen LogP contribution in [0.5, 0.6) is 0 Å². The number of hydrogen-bond donors (Lipinski definition) is 2. The summed E-state index contributed by atoms with van der Waals surface area (Å²) in [5, 5.41) is 13.9. The third-order valence-electron chi connectivity index (χ3n) is 4.64. The molecular formula is C17H27ClN4O5S. The van der Waals surface area contributed by atoms with Gasteiger partial charge in [0.25, 0.3) is 5.69 Å². The van der Waals surface area contributed by atoms with Crippen molar-refractivity contribution < 1.29 is 18.1 Å². The Labute approximate surface area is 171 Å². The molecule has 0 atom stereocenters. The average Bonchev–Trinajstić information content (AvgIpc) is 2.66. The summed E-state index contributed by atoms with van der Waals surface area (Å²) >= 11 is 0. The highest BCUT2D eigenvalue weighted by Crippen LogP contribution is 2.18. The zero-order valence-electron chi connectivity index (χ0n) is 15.8. The number of rotatable bonds is 9. The molecule has 0 unspecified atom stereocenters. The maximum atomic E-state index is 12.3. The number of halogens is 1. The highest BCUT2D eigenvalue weighted by atomic mass is 35.5. The first-order valence-corrected chi connectivity index (χ1v) is 10.5. The van der Waals surface area contributed by atoms with Gasteiger partial charge >= 0.3 is 0 Å². The molecule has 1 heterocycles. The number of amides is 1. The SMILES string of the molecule is CCNCC1CCN(C(=O)CCNS(=O)(=O)c2ccc([N+](=O)[O-])cc2)CC1.Cl. The molecule has 0 aliphatic carbocycles. The summed E-state index contributed by atoms with van der Waals surface area (Å²) in [6.45, 7) is 5.36. The van der Waals surface area contributed by atoms with Gasteiger partial charge in [0.2, 0.25) is 15.9 Å². The van der Waals surface area contributed by atoms with E-state index in [1.165, 1.54) is 12.1 Å². The third kappa shape index (κ3) is 7.01. The van der Waals surface area contributed by atoms with Crippen molar-refractivity contribution in [2.75, 3.05) is 32.7 Å². The lowest BCUT2D eigenvalue weighted by atomic mass is 9.96. The first-order chi connectivity index (χ1) is 12.8. The molecule has 0 spiro atoms. The van der Waals surface area contributed by atoms with E-state index in [4.69, 9.17) is 0 Å². The van der Waals surface area contributed by atoms with Crippen LogP contribution in [0, 0.1) is 16.0 Å². The number of likely N-dealkylation sites (tertiary alicyclic amines) is 1. The normalized spacial score (nSPS) is 15.1. The van der Waals surface area contributed by atoms with Gasteiger partial charge in [0.1, 0.15) is 0 Å². The molecule has 1 aliphatic rings. The molecule has 0 saturated carbocycles. The van der Waals surface area contributed by atoms with Crippen molar-refractivity contribution in [3.8, 4) is 0 Å². The second-order valence-electron chi connectivity index (χ2n) is 6.53. The van der Waals surface area contributed by atoms with Crippen molar-refractivity contribution in [2.24, 2.45) is 5.92 Å². The van der Waals surface area contributed by atoms with Crippen LogP contribution in [0.3, 0.4) is 0 Å². The molecule has 2 rings (SSSR count). The monoisotopic (exact) mass is 434 g/mol. The topological polar surface area (TPSA) is 122 Å². The van der Waals surface area contributed by atoms with Gasteiger partial charge in [-0.25, -0.2) is 13.1 Å². The minimum absolute atomic E-state index is 0. The van der Waals surface area contributed by atoms with E-state index < -0.39 is 14.9 Å². The Morgan fingerprint density at radius 1 is 1.25 bits per heavy atom. The number of nitrogens with one attached hydrogen (secondary N) is 2. The van der Waals surface area contributed by atoms with Gasteiger partial charge in [0.05, 0.1) is 9.82 Å². The Morgan fingerprint density at radius 3 is 2.39 bits per heavy atom. The number of nitrogens with zero attached hydrogens (tertiary/aromatic N) is 2. The number of hydrogen-bond acceptors (Lipinski definition) is 6. The van der Waals surface area contributed by atoms with Crippen molar-refractivity contribution >= 4 is 34.0 Å². The molecule has 1 amide bonds. The van der Waals surface area contributed by atoms with Crippen LogP contribution in [0.25, 0.3) is 0 Å². The Balaban J connectivity index is 0.00000392. The minimum atomic E-state index is -3.80. The van der Waals surface area contributed by atoms with Gasteiger partial charge in [-0.05, 0) is 44.0 Å². The summed E-state index contributed by atoms with van der Waals surface area (Å²) in [7, 11) is -3.80. The lowest BCUT2D eigenvalue weighted by Gasteiger charge is -2.32. The molecule has 1 aromatic carbocycles. The van der Waals surface area contributed by atoms with E-state index >= 15 is 0 Å². The molecule has 1 saturated heterocycles. The molecule has 0 bridgehead atoms. The van der Waals surface area contributed by atoms with Crippen LogP contribution in [0.15, 0.2) is 29.2 Å². The fourth-order valence-corrected chi connectivity index (χ4v) is 4.05. The van der Waals surface area contributed by atoms with Crippen LogP contribution in [-0.4, -0.2) is 56.9 Å². The van der Waals surface area contributed by atoms with Crippen LogP contribution in [0.2, 0.25) is 0 Å². The van der Waals surface area contributed by atoms with Gasteiger partial charge in [0.15, 0.2) is 0 Å². The van der Waals surface area contributed by atoms with Crippen molar-refractivity contribution in [1.29, 1.82) is 0 Å². The number of carbonyl (C=O) groups is 1. The van der Waals surface area contributed by atoms with Crippen LogP contribution in [0.4, 0.5) is 5.69 Å². The van der Waals surface area contributed by atoms with Crippen LogP contribution in [0.1, 0.15) is 26.2 Å². The third-order valence-corrected chi connectivity index (χ3v) is 6.12. The standard InChI is InChI=1S/C17H26N4O5S.ClH/c1-2-18-13-14-8-11-20(12-9-14)17(22)7-10-19-27(25,26)16-5-3-15(4-6-16)21(23)24;/h3-6,14,18-19H,2,7-13H2,1H3;1H. The minimum Gasteiger partial charge on any atom is -0.343 e. The maximum absolute atomic E-state index is 12.3. The number of benzene rings is 1. The van der Waals surface area contributed by atoms with Crippen LogP contribution >= 0.6 is 12.4 Å². The highest BCUT2D eigenvalue weighted by molar-refractivity contribution is 7.89. The fourth-order valence-electron chi connectivity index (χ4n) is 3.02. The second kappa shape index (κ2) is 11.3. The van der Waals surface area contributed by atoms with Gasteiger partial charge < -0.3 is 10.2 Å². The summed E-state index contributed by atoms with van der Waals surface area (Å²) in [6.07, 6.45) is 1.99. The molecule has 0 radical (unpaired) electrons. The van der Waals surface area contributed by atoms with Crippen molar-refractivity contribution in [1.82, 2.24) is 14.9 Å². The average molecular weight is 435 g/mol. The summed E-state index contributed by atoms with van der Waals surface area (Å²) in [5.74, 6) is 0.512. The molecule has 1 fully saturated rings. The van der Waals surface area contributed by atoms with E-state index in [0.717, 1.165) is 38.1 Å². The summed E-state index contributed by atoms with van der Waals surface area (Å²) < 4.78 is 26.8. The van der Waals surface area contributed by atoms with E-state index in [2.05, 4.69) is 17.0 Å². The van der Waals surface area contributed by atoms with E-state index in [1.807, 2.05) is 0 Å². The first-order valence-electron chi connectivity index (χ1n) is 9.06. The van der Waals surface area contributed by atoms with Crippen LogP contribution in [-0.2, 0) is 14.8 Å². The molecule has 0 aromatic heterocycles. The zero-order chi connectivity index (χ0) is 19.9. The van der Waals surface area contributed by atoms with Gasteiger partial charge in [-0.3, -0.25) is 14.9 Å². The fraction of sp³-hybridized carbons (Fsp3) is 0.588. The van der Waals surface area contributed by atoms with Crippen molar-refractivity contribution in [3.63, 3.8) is 0 Å². The van der Waals surface area contributed by atoms with Crippen molar-refractivity contribution in [2.45, 2.75) is 31.1 Å². The molecule has 9 nitrogen and oxygen atoms in total. The first kappa shape index (κ1) is 24.3. The molecule has 11 heteroatoms. The lowest BCUT2D eigenvalue weighted by molar-refractivity contribution is -0.384. The van der Waals surface area contributed by atoms with E-state index in [0.29, 0.717) is 19.0 Å². The highest BCUT2D eigenvalue weighted by Gasteiger charge is 2.23. The Hall–Kier alpha value is -1.75. The van der Waals surface area contributed by atoms with E-state index in [9.17, 15) is 23.3 Å². The molecule has 1 aliphatic heterocycles. The quantitative estimate of drug-likeness (QED) is 0.449. The van der Waals surface area contributed by atoms with Gasteiger partial charge in [0, 0.05) is 38.2 Å². The number of carbonyl (C=O) groups excluding carboxylic acids is 1. The van der Waals surface area contributed by atoms with Crippen LogP contribution < -0.4 is 10.0 Å². The molecular weight excluding hydrogens is 408 g/mol. The second-order valence-corrected chi connectivity index (χ2v) is 8.30. The largest absolute Gasteiger partial charge is 0.343 e. The number of nitro benzene ring substituents is 1. The smallest absolute Gasteiger partial charge is 0.269 e. The number of piperidine rings is 1. The number of sulfonamides is 1. The van der Waals surface area contributed by atoms with E-state index in [1.54, 1.807) is 4.90 Å². The molecule has 2 N–H and O–H groups in total. The summed E-state index contributed by atoms with van der Waals surface area (Å²) in [5.41, 5.74) is -0.179. The van der Waals surface area contributed by atoms with Gasteiger partial charge in [-0.15, -0.1) is 12.4 Å². The Bertz CT molecular complexity index is 749. The number of non-ortho nitro benzene ring substituents is 1. The summed E-state index contributed by atoms with van der Waals surface area (Å²) in [6, 6.07) is 4.63. The van der Waals surface area contributed by atoms with Crippen molar-refractivity contribution in [3.05, 3.63) is 34.4 Å². The number of nitro groups is 1. The molecule has 158 valence electrons. The van der Waals surface area contributed by atoms with E-state index in [-0.39, 0.29) is 41.9 Å². The Kier molecular flexibility index (Phi) is 9.80.